The van der Waals surface area contributed by atoms with E-state index in [2.05, 4.69) is 9.88 Å². The molecule has 1 atom stereocenters. The molecule has 2 N–H and O–H groups in total. The fourth-order valence-electron chi connectivity index (χ4n) is 4.36. The monoisotopic (exact) mass is 342 g/mol. The minimum atomic E-state index is 0.0267. The van der Waals surface area contributed by atoms with Gasteiger partial charge in [0.15, 0.2) is 0 Å². The van der Waals surface area contributed by atoms with E-state index in [1.807, 2.05) is 4.90 Å². The van der Waals surface area contributed by atoms with Crippen molar-refractivity contribution in [2.24, 2.45) is 11.3 Å². The summed E-state index contributed by atoms with van der Waals surface area (Å²) in [5, 5.41) is 0. The van der Waals surface area contributed by atoms with Crippen molar-refractivity contribution < 1.29 is 9.59 Å². The number of aromatic nitrogens is 1. The van der Waals surface area contributed by atoms with Gasteiger partial charge < -0.3 is 15.5 Å². The molecule has 6 nitrogen and oxygen atoms in total. The van der Waals surface area contributed by atoms with Crippen LogP contribution in [0.25, 0.3) is 0 Å². The number of nitrogens with zero attached hydrogens (tertiary/aromatic N) is 3. The lowest BCUT2D eigenvalue weighted by molar-refractivity contribution is -0.139. The van der Waals surface area contributed by atoms with Crippen molar-refractivity contribution >= 4 is 17.6 Å². The summed E-state index contributed by atoms with van der Waals surface area (Å²) in [4.78, 5) is 33.1. The zero-order valence-electron chi connectivity index (χ0n) is 14.6. The summed E-state index contributed by atoms with van der Waals surface area (Å²) in [6.45, 7) is 3.24. The molecular weight excluding hydrogens is 316 g/mol. The van der Waals surface area contributed by atoms with Crippen LogP contribution < -0.4 is 5.73 Å². The molecule has 134 valence electrons. The van der Waals surface area contributed by atoms with E-state index < -0.39 is 0 Å². The number of pyridine rings is 1. The van der Waals surface area contributed by atoms with Gasteiger partial charge in [-0.1, -0.05) is 0 Å². The Bertz CT molecular complexity index is 688. The highest BCUT2D eigenvalue weighted by molar-refractivity contribution is 5.94. The molecule has 25 heavy (non-hydrogen) atoms. The van der Waals surface area contributed by atoms with Crippen molar-refractivity contribution in [2.45, 2.75) is 38.5 Å². The van der Waals surface area contributed by atoms with Crippen LogP contribution in [0.15, 0.2) is 18.3 Å². The average Bonchev–Trinajstić information content (AvgIpc) is 3.42. The Labute approximate surface area is 148 Å². The molecule has 4 rings (SSSR count). The molecule has 1 saturated carbocycles. The Morgan fingerprint density at radius 1 is 1.32 bits per heavy atom. The Balaban J connectivity index is 1.48. The van der Waals surface area contributed by atoms with Crippen LogP contribution in [0.4, 0.5) is 5.82 Å². The first kappa shape index (κ1) is 16.4. The van der Waals surface area contributed by atoms with Crippen molar-refractivity contribution in [3.8, 4) is 0 Å². The molecule has 1 aliphatic carbocycles. The topological polar surface area (TPSA) is 79.5 Å². The SMILES string of the molecule is Nc1cc(C(=O)N2CCC[C@]3(CCC(=O)N(CC4CC4)C3)C2)ccn1. The first-order chi connectivity index (χ1) is 12.0. The first-order valence-corrected chi connectivity index (χ1v) is 9.33. The summed E-state index contributed by atoms with van der Waals surface area (Å²) in [6, 6.07) is 3.37. The fourth-order valence-corrected chi connectivity index (χ4v) is 4.36. The quantitative estimate of drug-likeness (QED) is 0.910. The summed E-state index contributed by atoms with van der Waals surface area (Å²) < 4.78 is 0. The van der Waals surface area contributed by atoms with E-state index >= 15 is 0 Å². The molecule has 3 heterocycles. The Kier molecular flexibility index (Phi) is 4.13. The van der Waals surface area contributed by atoms with E-state index in [1.54, 1.807) is 18.3 Å². The third kappa shape index (κ3) is 3.48. The van der Waals surface area contributed by atoms with Crippen LogP contribution in [0.2, 0.25) is 0 Å². The van der Waals surface area contributed by atoms with Gasteiger partial charge in [0.05, 0.1) is 0 Å². The molecule has 1 spiro atoms. The lowest BCUT2D eigenvalue weighted by Crippen LogP contribution is -2.55. The third-order valence-electron chi connectivity index (χ3n) is 5.90. The molecule has 0 unspecified atom stereocenters. The lowest BCUT2D eigenvalue weighted by Gasteiger charge is -2.48. The van der Waals surface area contributed by atoms with E-state index in [-0.39, 0.29) is 11.3 Å². The predicted molar refractivity (Wildman–Crippen MR) is 94.8 cm³/mol. The highest BCUT2D eigenvalue weighted by Crippen LogP contribution is 2.41. The van der Waals surface area contributed by atoms with Crippen LogP contribution in [0.1, 0.15) is 48.9 Å². The normalized spacial score (nSPS) is 27.0. The highest BCUT2D eigenvalue weighted by atomic mass is 16.2. The number of hydrogen-bond donors (Lipinski definition) is 1. The van der Waals surface area contributed by atoms with E-state index in [4.69, 9.17) is 5.73 Å². The van der Waals surface area contributed by atoms with Crippen molar-refractivity contribution in [2.75, 3.05) is 31.9 Å². The molecule has 0 radical (unpaired) electrons. The van der Waals surface area contributed by atoms with Gasteiger partial charge >= 0.3 is 0 Å². The number of rotatable bonds is 3. The second-order valence-electron chi connectivity index (χ2n) is 8.02. The second kappa shape index (κ2) is 6.32. The van der Waals surface area contributed by atoms with Crippen molar-refractivity contribution in [3.05, 3.63) is 23.9 Å². The summed E-state index contributed by atoms with van der Waals surface area (Å²) in [5.74, 6) is 1.40. The maximum Gasteiger partial charge on any atom is 0.254 e. The molecule has 3 fully saturated rings. The molecule has 1 aromatic heterocycles. The molecule has 2 aliphatic heterocycles. The maximum atomic E-state index is 12.9. The number of nitrogens with two attached hydrogens (primary N) is 1. The van der Waals surface area contributed by atoms with Crippen LogP contribution in [0.3, 0.4) is 0 Å². The molecule has 0 aromatic carbocycles. The summed E-state index contributed by atoms with van der Waals surface area (Å²) in [5.41, 5.74) is 6.39. The van der Waals surface area contributed by atoms with Gasteiger partial charge in [-0.2, -0.15) is 0 Å². The Morgan fingerprint density at radius 3 is 2.92 bits per heavy atom. The summed E-state index contributed by atoms with van der Waals surface area (Å²) >= 11 is 0. The van der Waals surface area contributed by atoms with Gasteiger partial charge in [-0.15, -0.1) is 0 Å². The van der Waals surface area contributed by atoms with Gasteiger partial charge in [0.25, 0.3) is 5.91 Å². The number of carbonyl (C=O) groups excluding carboxylic acids is 2. The zero-order valence-corrected chi connectivity index (χ0v) is 14.6. The molecule has 0 bridgehead atoms. The van der Waals surface area contributed by atoms with Gasteiger partial charge in [0.1, 0.15) is 5.82 Å². The average molecular weight is 342 g/mol. The van der Waals surface area contributed by atoms with Crippen LogP contribution in [0.5, 0.6) is 0 Å². The number of likely N-dealkylation sites (tertiary alicyclic amines) is 2. The smallest absolute Gasteiger partial charge is 0.254 e. The molecule has 3 aliphatic rings. The molecule has 2 amide bonds. The number of piperidine rings is 2. The fraction of sp³-hybridized carbons (Fsp3) is 0.632. The summed E-state index contributed by atoms with van der Waals surface area (Å²) in [6.07, 6.45) is 7.71. The van der Waals surface area contributed by atoms with Crippen LogP contribution in [0, 0.1) is 11.3 Å². The Hall–Kier alpha value is -2.11. The number of anilines is 1. The minimum Gasteiger partial charge on any atom is -0.384 e. The van der Waals surface area contributed by atoms with Gasteiger partial charge in [-0.3, -0.25) is 9.59 Å². The highest BCUT2D eigenvalue weighted by Gasteiger charge is 2.43. The Morgan fingerprint density at radius 2 is 2.16 bits per heavy atom. The van der Waals surface area contributed by atoms with Crippen molar-refractivity contribution in [3.63, 3.8) is 0 Å². The van der Waals surface area contributed by atoms with Gasteiger partial charge in [-0.25, -0.2) is 4.98 Å². The van der Waals surface area contributed by atoms with Crippen LogP contribution >= 0.6 is 0 Å². The molecule has 6 heteroatoms. The molecule has 1 aromatic rings. The van der Waals surface area contributed by atoms with Crippen molar-refractivity contribution in [1.29, 1.82) is 0 Å². The van der Waals surface area contributed by atoms with E-state index in [0.29, 0.717) is 29.6 Å². The van der Waals surface area contributed by atoms with E-state index in [0.717, 1.165) is 45.4 Å². The number of hydrogen-bond acceptors (Lipinski definition) is 4. The van der Waals surface area contributed by atoms with Gasteiger partial charge in [-0.05, 0) is 50.2 Å². The van der Waals surface area contributed by atoms with Crippen LogP contribution in [-0.4, -0.2) is 52.8 Å². The number of amides is 2. The predicted octanol–water partition coefficient (Wildman–Crippen LogP) is 1.92. The van der Waals surface area contributed by atoms with E-state index in [1.165, 1.54) is 12.8 Å². The lowest BCUT2D eigenvalue weighted by atomic mass is 9.73. The third-order valence-corrected chi connectivity index (χ3v) is 5.90. The van der Waals surface area contributed by atoms with Gasteiger partial charge in [0, 0.05) is 49.8 Å². The standard InChI is InChI=1S/C19H26N4O2/c20-16-10-15(5-8-21-16)18(25)22-9-1-6-19(12-22)7-4-17(24)23(13-19)11-14-2-3-14/h5,8,10,14H,1-4,6-7,9,11-13H2,(H2,20,21)/t19-/m0/s1. The number of carbonyl (C=O) groups is 2. The van der Waals surface area contributed by atoms with E-state index in [9.17, 15) is 9.59 Å². The minimum absolute atomic E-state index is 0.0267. The van der Waals surface area contributed by atoms with Crippen molar-refractivity contribution in [1.82, 2.24) is 14.8 Å². The molecular formula is C19H26N4O2. The maximum absolute atomic E-state index is 12.9. The largest absolute Gasteiger partial charge is 0.384 e. The summed E-state index contributed by atoms with van der Waals surface area (Å²) in [7, 11) is 0. The molecule has 2 saturated heterocycles. The second-order valence-corrected chi connectivity index (χ2v) is 8.02. The van der Waals surface area contributed by atoms with Crippen LogP contribution in [-0.2, 0) is 4.79 Å². The number of nitrogen functional groups attached to an aromatic ring is 1. The first-order valence-electron chi connectivity index (χ1n) is 9.33. The zero-order chi connectivity index (χ0) is 17.4. The van der Waals surface area contributed by atoms with Gasteiger partial charge in [0.2, 0.25) is 5.91 Å².